The Morgan fingerprint density at radius 3 is 2.26 bits per heavy atom. The summed E-state index contributed by atoms with van der Waals surface area (Å²) in [6, 6.07) is 5.37. The molecule has 2 aromatic rings. The van der Waals surface area contributed by atoms with E-state index >= 15 is 0 Å². The molecule has 3 nitrogen and oxygen atoms in total. The van der Waals surface area contributed by atoms with E-state index in [1.54, 1.807) is 18.2 Å². The highest BCUT2D eigenvalue weighted by Gasteiger charge is 2.25. The van der Waals surface area contributed by atoms with Crippen molar-refractivity contribution < 1.29 is 4.52 Å². The third-order valence-electron chi connectivity index (χ3n) is 3.31. The summed E-state index contributed by atoms with van der Waals surface area (Å²) in [6.45, 7) is 4.20. The molecular formula is C14H16Cl2N2O. The van der Waals surface area contributed by atoms with Crippen molar-refractivity contribution in [2.75, 3.05) is 5.73 Å². The van der Waals surface area contributed by atoms with E-state index in [0.29, 0.717) is 21.4 Å². The average Bonchev–Trinajstić information content (AvgIpc) is 2.74. The summed E-state index contributed by atoms with van der Waals surface area (Å²) < 4.78 is 5.41. The Kier molecular flexibility index (Phi) is 4.38. The molecule has 0 aliphatic heterocycles. The monoisotopic (exact) mass is 298 g/mol. The first-order chi connectivity index (χ1) is 9.10. The van der Waals surface area contributed by atoms with E-state index in [1.165, 1.54) is 0 Å². The van der Waals surface area contributed by atoms with E-state index in [0.717, 1.165) is 24.2 Å². The van der Waals surface area contributed by atoms with E-state index < -0.39 is 0 Å². The molecule has 0 saturated carbocycles. The average molecular weight is 299 g/mol. The number of rotatable bonds is 4. The predicted octanol–water partition coefficient (Wildman–Crippen LogP) is 5.13. The van der Waals surface area contributed by atoms with Crippen molar-refractivity contribution in [1.29, 1.82) is 0 Å². The Morgan fingerprint density at radius 1 is 1.16 bits per heavy atom. The number of halogens is 2. The lowest BCUT2D eigenvalue weighted by atomic mass is 9.93. The fourth-order valence-electron chi connectivity index (χ4n) is 2.24. The first-order valence-electron chi connectivity index (χ1n) is 6.29. The zero-order valence-corrected chi connectivity index (χ0v) is 12.4. The molecule has 0 aliphatic rings. The molecule has 0 aliphatic carbocycles. The lowest BCUT2D eigenvalue weighted by Gasteiger charge is -2.12. The van der Waals surface area contributed by atoms with Gasteiger partial charge in [-0.2, -0.15) is 0 Å². The molecule has 102 valence electrons. The van der Waals surface area contributed by atoms with Crippen molar-refractivity contribution in [2.24, 2.45) is 0 Å². The van der Waals surface area contributed by atoms with Gasteiger partial charge in [-0.15, -0.1) is 0 Å². The van der Waals surface area contributed by atoms with Crippen molar-refractivity contribution in [3.63, 3.8) is 0 Å². The molecule has 0 spiro atoms. The van der Waals surface area contributed by atoms with Crippen LogP contribution in [0.1, 0.15) is 38.4 Å². The van der Waals surface area contributed by atoms with Gasteiger partial charge in [-0.1, -0.05) is 48.3 Å². The second-order valence-electron chi connectivity index (χ2n) is 4.42. The Morgan fingerprint density at radius 2 is 1.74 bits per heavy atom. The summed E-state index contributed by atoms with van der Waals surface area (Å²) in [5, 5.41) is 4.98. The maximum absolute atomic E-state index is 6.25. The van der Waals surface area contributed by atoms with Crippen LogP contribution in [0.5, 0.6) is 0 Å². The summed E-state index contributed by atoms with van der Waals surface area (Å²) in [6.07, 6.45) is 1.89. The highest BCUT2D eigenvalue weighted by atomic mass is 35.5. The molecule has 0 amide bonds. The van der Waals surface area contributed by atoms with Crippen LogP contribution in [0.15, 0.2) is 22.7 Å². The van der Waals surface area contributed by atoms with E-state index in [9.17, 15) is 0 Å². The third-order valence-corrected chi connectivity index (χ3v) is 3.94. The number of nitrogens with zero attached hydrogens (tertiary/aromatic N) is 1. The standard InChI is InChI=1S/C14H16Cl2N2O/c1-3-8(4-2)13-12(14(17)18-19-13)11-9(15)6-5-7-10(11)16/h5-8H,3-4H2,1-2H3,(H2,17,18). The van der Waals surface area contributed by atoms with Gasteiger partial charge in [0.25, 0.3) is 0 Å². The number of anilines is 1. The molecule has 19 heavy (non-hydrogen) atoms. The Balaban J connectivity index is 2.65. The first kappa shape index (κ1) is 14.2. The molecule has 1 aromatic heterocycles. The van der Waals surface area contributed by atoms with Gasteiger partial charge in [0.05, 0.1) is 15.6 Å². The largest absolute Gasteiger partial charge is 0.380 e. The number of benzene rings is 1. The second-order valence-corrected chi connectivity index (χ2v) is 5.23. The molecule has 1 heterocycles. The molecule has 0 unspecified atom stereocenters. The van der Waals surface area contributed by atoms with Gasteiger partial charge in [0, 0.05) is 11.5 Å². The molecular weight excluding hydrogens is 283 g/mol. The van der Waals surface area contributed by atoms with Crippen molar-refractivity contribution in [3.05, 3.63) is 34.0 Å². The lowest BCUT2D eigenvalue weighted by molar-refractivity contribution is 0.356. The van der Waals surface area contributed by atoms with Crippen molar-refractivity contribution in [1.82, 2.24) is 5.16 Å². The van der Waals surface area contributed by atoms with Crippen molar-refractivity contribution >= 4 is 29.0 Å². The maximum Gasteiger partial charge on any atom is 0.175 e. The summed E-state index contributed by atoms with van der Waals surface area (Å²) >= 11 is 12.5. The first-order valence-corrected chi connectivity index (χ1v) is 7.05. The fraction of sp³-hybridized carbons (Fsp3) is 0.357. The van der Waals surface area contributed by atoms with Crippen LogP contribution in [0.25, 0.3) is 11.1 Å². The molecule has 2 rings (SSSR count). The number of nitrogen functional groups attached to an aromatic ring is 1. The van der Waals surface area contributed by atoms with E-state index in [1.807, 2.05) is 0 Å². The molecule has 0 bridgehead atoms. The predicted molar refractivity (Wildman–Crippen MR) is 79.7 cm³/mol. The Bertz CT molecular complexity index is 557. The summed E-state index contributed by atoms with van der Waals surface area (Å²) in [4.78, 5) is 0. The highest BCUT2D eigenvalue weighted by molar-refractivity contribution is 6.39. The van der Waals surface area contributed by atoms with Crippen molar-refractivity contribution in [2.45, 2.75) is 32.6 Å². The number of nitrogens with two attached hydrogens (primary N) is 1. The molecule has 0 fully saturated rings. The van der Waals surface area contributed by atoms with Gasteiger partial charge in [-0.25, -0.2) is 0 Å². The van der Waals surface area contributed by atoms with Gasteiger partial charge in [-0.05, 0) is 25.0 Å². The van der Waals surface area contributed by atoms with E-state index in [4.69, 9.17) is 33.5 Å². The summed E-state index contributed by atoms with van der Waals surface area (Å²) in [5.74, 6) is 1.35. The smallest absolute Gasteiger partial charge is 0.175 e. The molecule has 0 saturated heterocycles. The third kappa shape index (κ3) is 2.58. The summed E-state index contributed by atoms with van der Waals surface area (Å²) in [7, 11) is 0. The van der Waals surface area contributed by atoms with Crippen LogP contribution in [0, 0.1) is 0 Å². The molecule has 2 N–H and O–H groups in total. The normalized spacial score (nSPS) is 11.2. The molecule has 0 radical (unpaired) electrons. The van der Waals surface area contributed by atoms with Crippen LogP contribution in [-0.4, -0.2) is 5.16 Å². The van der Waals surface area contributed by atoms with Gasteiger partial charge in [0.15, 0.2) is 5.82 Å². The zero-order chi connectivity index (χ0) is 14.0. The van der Waals surface area contributed by atoms with Gasteiger partial charge in [0.1, 0.15) is 5.76 Å². The van der Waals surface area contributed by atoms with Gasteiger partial charge in [-0.3, -0.25) is 0 Å². The number of hydrogen-bond acceptors (Lipinski definition) is 3. The molecule has 1 aromatic carbocycles. The van der Waals surface area contributed by atoms with Crippen LogP contribution in [0.2, 0.25) is 10.0 Å². The molecule has 5 heteroatoms. The van der Waals surface area contributed by atoms with Gasteiger partial charge >= 0.3 is 0 Å². The minimum Gasteiger partial charge on any atom is -0.380 e. The minimum absolute atomic E-state index is 0.257. The summed E-state index contributed by atoms with van der Waals surface area (Å²) in [5.41, 5.74) is 7.36. The van der Waals surface area contributed by atoms with E-state index in [2.05, 4.69) is 19.0 Å². The minimum atomic E-state index is 0.257. The number of aromatic nitrogens is 1. The molecule has 0 atom stereocenters. The maximum atomic E-state index is 6.25. The van der Waals surface area contributed by atoms with Gasteiger partial charge < -0.3 is 10.3 Å². The highest BCUT2D eigenvalue weighted by Crippen LogP contribution is 2.43. The van der Waals surface area contributed by atoms with Crippen LogP contribution in [-0.2, 0) is 0 Å². The van der Waals surface area contributed by atoms with E-state index in [-0.39, 0.29) is 5.92 Å². The quantitative estimate of drug-likeness (QED) is 0.851. The van der Waals surface area contributed by atoms with Crippen LogP contribution >= 0.6 is 23.2 Å². The van der Waals surface area contributed by atoms with Gasteiger partial charge in [0.2, 0.25) is 0 Å². The number of hydrogen-bond donors (Lipinski definition) is 1. The van der Waals surface area contributed by atoms with Crippen molar-refractivity contribution in [3.8, 4) is 11.1 Å². The fourth-order valence-corrected chi connectivity index (χ4v) is 2.83. The topological polar surface area (TPSA) is 52.0 Å². The van der Waals surface area contributed by atoms with Crippen LogP contribution in [0.4, 0.5) is 5.82 Å². The van der Waals surface area contributed by atoms with Crippen LogP contribution < -0.4 is 5.73 Å². The second kappa shape index (κ2) is 5.85. The lowest BCUT2D eigenvalue weighted by Crippen LogP contribution is -1.98. The van der Waals surface area contributed by atoms with Crippen LogP contribution in [0.3, 0.4) is 0 Å². The zero-order valence-electron chi connectivity index (χ0n) is 10.9. The Hall–Kier alpha value is -1.19. The SMILES string of the molecule is CCC(CC)c1onc(N)c1-c1c(Cl)cccc1Cl. The Labute approximate surface area is 122 Å².